The molecule has 0 radical (unpaired) electrons. The maximum absolute atomic E-state index is 13.7. The number of hydrogen-bond donors (Lipinski definition) is 0. The normalized spacial score (nSPS) is 15.0. The Labute approximate surface area is 244 Å². The summed E-state index contributed by atoms with van der Waals surface area (Å²) < 4.78 is 42.7. The minimum atomic E-state index is -3.86. The molecule has 0 aromatic carbocycles. The highest BCUT2D eigenvalue weighted by molar-refractivity contribution is 7.89. The van der Waals surface area contributed by atoms with Crippen LogP contribution in [0.15, 0.2) is 40.4 Å². The minimum Gasteiger partial charge on any atom is -0.475 e. The van der Waals surface area contributed by atoms with Crippen molar-refractivity contribution in [2.75, 3.05) is 53.0 Å². The van der Waals surface area contributed by atoms with E-state index in [1.165, 1.54) is 25.8 Å². The molecular formula is C27H35N9O5S. The molecule has 1 aliphatic rings. The molecule has 1 saturated heterocycles. The van der Waals surface area contributed by atoms with Crippen molar-refractivity contribution in [3.63, 3.8) is 0 Å². The molecular weight excluding hydrogens is 562 g/mol. The summed E-state index contributed by atoms with van der Waals surface area (Å²) in [6, 6.07) is 3.18. The number of hydrogen-bond acceptors (Lipinski definition) is 11. The molecule has 14 nitrogen and oxygen atoms in total. The van der Waals surface area contributed by atoms with Gasteiger partial charge in [0.2, 0.25) is 15.9 Å². The Morgan fingerprint density at radius 3 is 2.40 bits per heavy atom. The topological polar surface area (TPSA) is 150 Å². The highest BCUT2D eigenvalue weighted by Gasteiger charge is 2.30. The van der Waals surface area contributed by atoms with Crippen LogP contribution in [-0.4, -0.2) is 105 Å². The van der Waals surface area contributed by atoms with Crippen molar-refractivity contribution in [2.24, 2.45) is 7.05 Å². The van der Waals surface area contributed by atoms with Crippen LogP contribution < -0.4 is 10.3 Å². The van der Waals surface area contributed by atoms with E-state index in [4.69, 9.17) is 14.5 Å². The van der Waals surface area contributed by atoms with Gasteiger partial charge in [0.25, 0.3) is 11.5 Å². The van der Waals surface area contributed by atoms with Gasteiger partial charge in [-0.1, -0.05) is 20.3 Å². The van der Waals surface area contributed by atoms with Gasteiger partial charge in [-0.15, -0.1) is 0 Å². The molecule has 0 spiro atoms. The van der Waals surface area contributed by atoms with Crippen molar-refractivity contribution in [2.45, 2.75) is 31.6 Å². The van der Waals surface area contributed by atoms with Crippen LogP contribution in [0.25, 0.3) is 28.4 Å². The number of piperazine rings is 1. The Hall–Kier alpha value is -3.79. The average molecular weight is 598 g/mol. The van der Waals surface area contributed by atoms with Crippen LogP contribution in [0.3, 0.4) is 0 Å². The third-order valence-corrected chi connectivity index (χ3v) is 9.10. The third kappa shape index (κ3) is 5.64. The quantitative estimate of drug-likeness (QED) is 0.230. The molecule has 224 valence electrons. The molecule has 0 bridgehead atoms. The van der Waals surface area contributed by atoms with E-state index >= 15 is 0 Å². The summed E-state index contributed by atoms with van der Waals surface area (Å²) >= 11 is 0. The van der Waals surface area contributed by atoms with Gasteiger partial charge in [-0.2, -0.15) is 14.1 Å². The minimum absolute atomic E-state index is 0.00181. The Balaban J connectivity index is 1.67. The van der Waals surface area contributed by atoms with Gasteiger partial charge < -0.3 is 14.4 Å². The Morgan fingerprint density at radius 1 is 1.00 bits per heavy atom. The predicted octanol–water partition coefficient (Wildman–Crippen LogP) is 1.28. The number of ether oxygens (including phenoxy) is 2. The lowest BCUT2D eigenvalue weighted by molar-refractivity contribution is 0.144. The van der Waals surface area contributed by atoms with Crippen molar-refractivity contribution in [1.29, 1.82) is 0 Å². The first-order valence-electron chi connectivity index (χ1n) is 13.9. The van der Waals surface area contributed by atoms with Crippen LogP contribution in [0.5, 0.6) is 5.88 Å². The predicted molar refractivity (Wildman–Crippen MR) is 155 cm³/mol. The first kappa shape index (κ1) is 29.7. The molecule has 0 amide bonds. The monoisotopic (exact) mass is 597 g/mol. The second-order valence-corrected chi connectivity index (χ2v) is 11.8. The van der Waals surface area contributed by atoms with Gasteiger partial charge in [-0.05, 0) is 25.1 Å². The fourth-order valence-corrected chi connectivity index (χ4v) is 6.31. The zero-order valence-corrected chi connectivity index (χ0v) is 25.0. The van der Waals surface area contributed by atoms with Gasteiger partial charge in [0, 0.05) is 52.7 Å². The molecule has 15 heteroatoms. The summed E-state index contributed by atoms with van der Waals surface area (Å²) in [7, 11) is -0.753. The van der Waals surface area contributed by atoms with E-state index in [9.17, 15) is 13.2 Å². The molecule has 0 aliphatic carbocycles. The van der Waals surface area contributed by atoms with Crippen molar-refractivity contribution in [1.82, 2.24) is 43.5 Å². The van der Waals surface area contributed by atoms with Crippen LogP contribution in [0.1, 0.15) is 26.0 Å². The van der Waals surface area contributed by atoms with Gasteiger partial charge in [0.15, 0.2) is 5.52 Å². The molecule has 1 aliphatic heterocycles. The standard InChI is InChI=1S/C27H35N9O5S/c1-5-8-21-22-23(32-36(21)27-28-9-7-10-29-27)26(37)33(3)24(31-22)20-17-19(18-30-25(20)41-16-15-40-4)42(38,39)35-13-11-34(6-2)12-14-35/h7,9-10,17-18H,5-6,8,11-16H2,1-4H3. The van der Waals surface area contributed by atoms with Crippen LogP contribution in [-0.2, 0) is 28.2 Å². The van der Waals surface area contributed by atoms with Crippen molar-refractivity contribution in [3.8, 4) is 23.2 Å². The molecule has 4 aromatic rings. The van der Waals surface area contributed by atoms with E-state index < -0.39 is 15.6 Å². The summed E-state index contributed by atoms with van der Waals surface area (Å²) in [5.41, 5.74) is 1.07. The summed E-state index contributed by atoms with van der Waals surface area (Å²) in [6.45, 7) is 7.44. The number of likely N-dealkylation sites (N-methyl/N-ethyl adjacent to an activating group) is 1. The van der Waals surface area contributed by atoms with Crippen LogP contribution >= 0.6 is 0 Å². The van der Waals surface area contributed by atoms with E-state index in [1.54, 1.807) is 32.6 Å². The molecule has 42 heavy (non-hydrogen) atoms. The molecule has 5 heterocycles. The van der Waals surface area contributed by atoms with Crippen LogP contribution in [0.4, 0.5) is 0 Å². The molecule has 0 unspecified atom stereocenters. The largest absolute Gasteiger partial charge is 0.475 e. The van der Waals surface area contributed by atoms with Crippen LogP contribution in [0.2, 0.25) is 0 Å². The lowest BCUT2D eigenvalue weighted by atomic mass is 10.2. The van der Waals surface area contributed by atoms with Gasteiger partial charge >= 0.3 is 0 Å². The van der Waals surface area contributed by atoms with E-state index in [-0.39, 0.29) is 34.3 Å². The second-order valence-electron chi connectivity index (χ2n) is 9.86. The molecule has 1 fully saturated rings. The number of nitrogens with zero attached hydrogens (tertiary/aromatic N) is 9. The van der Waals surface area contributed by atoms with Gasteiger partial charge in [-0.3, -0.25) is 9.36 Å². The SMILES string of the molecule is CCCc1c2nc(-c3cc(S(=O)(=O)N4CCN(CC)CC4)cnc3OCCOC)n(C)c(=O)c2nn1-c1ncccn1. The van der Waals surface area contributed by atoms with E-state index in [0.29, 0.717) is 56.4 Å². The Morgan fingerprint density at radius 2 is 1.74 bits per heavy atom. The number of fused-ring (bicyclic) bond motifs is 1. The first-order chi connectivity index (χ1) is 20.3. The fraction of sp³-hybridized carbons (Fsp3) is 0.481. The van der Waals surface area contributed by atoms with Crippen molar-refractivity contribution >= 4 is 21.1 Å². The summed E-state index contributed by atoms with van der Waals surface area (Å²) in [4.78, 5) is 33.8. The lowest BCUT2D eigenvalue weighted by Gasteiger charge is -2.33. The highest BCUT2D eigenvalue weighted by atomic mass is 32.2. The highest BCUT2D eigenvalue weighted by Crippen LogP contribution is 2.31. The number of sulfonamides is 1. The third-order valence-electron chi connectivity index (χ3n) is 7.23. The van der Waals surface area contributed by atoms with Gasteiger partial charge in [0.05, 0.1) is 24.1 Å². The number of methoxy groups -OCH3 is 1. The van der Waals surface area contributed by atoms with E-state index in [0.717, 1.165) is 13.0 Å². The van der Waals surface area contributed by atoms with Crippen molar-refractivity contribution < 1.29 is 17.9 Å². The Kier molecular flexibility index (Phi) is 8.91. The molecule has 0 N–H and O–H groups in total. The lowest BCUT2D eigenvalue weighted by Crippen LogP contribution is -2.48. The molecule has 0 saturated carbocycles. The second kappa shape index (κ2) is 12.6. The zero-order chi connectivity index (χ0) is 29.9. The molecule has 4 aromatic heterocycles. The maximum Gasteiger partial charge on any atom is 0.281 e. The summed E-state index contributed by atoms with van der Waals surface area (Å²) in [5.74, 6) is 0.662. The summed E-state index contributed by atoms with van der Waals surface area (Å²) in [5, 5.41) is 4.54. The average Bonchev–Trinajstić information content (AvgIpc) is 3.38. The maximum atomic E-state index is 13.7. The number of aromatic nitrogens is 7. The summed E-state index contributed by atoms with van der Waals surface area (Å²) in [6.07, 6.45) is 5.81. The first-order valence-corrected chi connectivity index (χ1v) is 15.3. The van der Waals surface area contributed by atoms with Crippen LogP contribution in [0, 0.1) is 0 Å². The van der Waals surface area contributed by atoms with E-state index in [2.05, 4.69) is 31.9 Å². The van der Waals surface area contributed by atoms with Gasteiger partial charge in [0.1, 0.15) is 22.8 Å². The Bertz CT molecular complexity index is 1720. The number of rotatable bonds is 11. The fourth-order valence-electron chi connectivity index (χ4n) is 4.92. The smallest absolute Gasteiger partial charge is 0.281 e. The van der Waals surface area contributed by atoms with Gasteiger partial charge in [-0.25, -0.2) is 28.4 Å². The van der Waals surface area contributed by atoms with Crippen molar-refractivity contribution in [3.05, 3.63) is 46.8 Å². The molecule has 5 rings (SSSR count). The number of aryl methyl sites for hydroxylation is 1. The zero-order valence-electron chi connectivity index (χ0n) is 24.2. The number of pyridine rings is 1. The molecule has 0 atom stereocenters. The van der Waals surface area contributed by atoms with E-state index in [1.807, 2.05) is 6.92 Å².